The van der Waals surface area contributed by atoms with Gasteiger partial charge in [-0.2, -0.15) is 0 Å². The fourth-order valence-corrected chi connectivity index (χ4v) is 4.87. The van der Waals surface area contributed by atoms with E-state index in [0.29, 0.717) is 30.3 Å². The SMILES string of the molecule is COc1ccc(N(C(C)C(=O)N2CCc3ccccc3C2)S(C)(=O)=O)cc1OC. The van der Waals surface area contributed by atoms with Crippen LogP contribution in [0.25, 0.3) is 0 Å². The van der Waals surface area contributed by atoms with E-state index in [1.54, 1.807) is 30.0 Å². The highest BCUT2D eigenvalue weighted by Gasteiger charge is 2.33. The Hall–Kier alpha value is -2.74. The number of carbonyl (C=O) groups is 1. The smallest absolute Gasteiger partial charge is 0.246 e. The van der Waals surface area contributed by atoms with Gasteiger partial charge in [0.1, 0.15) is 6.04 Å². The van der Waals surface area contributed by atoms with Crippen LogP contribution >= 0.6 is 0 Å². The fourth-order valence-electron chi connectivity index (χ4n) is 3.71. The number of carbonyl (C=O) groups excluding carboxylic acids is 1. The molecule has 0 saturated carbocycles. The summed E-state index contributed by atoms with van der Waals surface area (Å²) in [6.45, 7) is 2.65. The highest BCUT2D eigenvalue weighted by Crippen LogP contribution is 2.33. The van der Waals surface area contributed by atoms with Gasteiger partial charge in [0.05, 0.1) is 26.2 Å². The Morgan fingerprint density at radius 1 is 1.07 bits per heavy atom. The first-order valence-corrected chi connectivity index (χ1v) is 11.2. The van der Waals surface area contributed by atoms with Gasteiger partial charge < -0.3 is 14.4 Å². The monoisotopic (exact) mass is 418 g/mol. The van der Waals surface area contributed by atoms with Crippen LogP contribution in [0.2, 0.25) is 0 Å². The summed E-state index contributed by atoms with van der Waals surface area (Å²) in [4.78, 5) is 14.9. The predicted octanol–water partition coefficient (Wildman–Crippen LogP) is 2.44. The lowest BCUT2D eigenvalue weighted by Gasteiger charge is -2.35. The Bertz CT molecular complexity index is 1010. The number of ether oxygens (including phenoxy) is 2. The van der Waals surface area contributed by atoms with E-state index in [4.69, 9.17) is 9.47 Å². The summed E-state index contributed by atoms with van der Waals surface area (Å²) in [7, 11) is -0.732. The van der Waals surface area contributed by atoms with Crippen molar-refractivity contribution in [1.29, 1.82) is 0 Å². The zero-order valence-electron chi connectivity index (χ0n) is 17.1. The summed E-state index contributed by atoms with van der Waals surface area (Å²) in [5.74, 6) is 0.640. The molecule has 2 aromatic rings. The molecule has 0 spiro atoms. The lowest BCUT2D eigenvalue weighted by Crippen LogP contribution is -2.50. The molecule has 0 aromatic heterocycles. The van der Waals surface area contributed by atoms with Crippen molar-refractivity contribution in [3.63, 3.8) is 0 Å². The molecule has 0 fully saturated rings. The maximum Gasteiger partial charge on any atom is 0.246 e. The molecule has 1 amide bonds. The Balaban J connectivity index is 1.91. The molecule has 0 radical (unpaired) electrons. The van der Waals surface area contributed by atoms with Crippen LogP contribution in [0.5, 0.6) is 11.5 Å². The van der Waals surface area contributed by atoms with E-state index in [1.165, 1.54) is 19.8 Å². The van der Waals surface area contributed by atoms with Crippen LogP contribution in [0.1, 0.15) is 18.1 Å². The van der Waals surface area contributed by atoms with Gasteiger partial charge in [-0.1, -0.05) is 24.3 Å². The van der Waals surface area contributed by atoms with E-state index in [0.717, 1.165) is 22.5 Å². The third kappa shape index (κ3) is 4.32. The topological polar surface area (TPSA) is 76.2 Å². The molecule has 7 nitrogen and oxygen atoms in total. The number of nitrogens with zero attached hydrogens (tertiary/aromatic N) is 2. The Morgan fingerprint density at radius 3 is 2.34 bits per heavy atom. The number of amides is 1. The Kier molecular flexibility index (Phi) is 6.02. The number of fused-ring (bicyclic) bond motifs is 1. The normalized spacial score (nSPS) is 14.7. The van der Waals surface area contributed by atoms with Gasteiger partial charge in [-0.05, 0) is 36.6 Å². The third-order valence-electron chi connectivity index (χ3n) is 5.13. The molecule has 0 N–H and O–H groups in total. The van der Waals surface area contributed by atoms with Crippen LogP contribution < -0.4 is 13.8 Å². The van der Waals surface area contributed by atoms with Crippen LogP contribution in [-0.4, -0.2) is 52.3 Å². The number of sulfonamides is 1. The molecule has 1 atom stereocenters. The van der Waals surface area contributed by atoms with Gasteiger partial charge in [0.25, 0.3) is 0 Å². The molecule has 0 bridgehead atoms. The van der Waals surface area contributed by atoms with Crippen molar-refractivity contribution in [1.82, 2.24) is 4.90 Å². The van der Waals surface area contributed by atoms with Gasteiger partial charge in [0, 0.05) is 19.2 Å². The fraction of sp³-hybridized carbons (Fsp3) is 0.381. The van der Waals surface area contributed by atoms with E-state index in [2.05, 4.69) is 6.07 Å². The molecule has 8 heteroatoms. The molecule has 2 aromatic carbocycles. The van der Waals surface area contributed by atoms with Crippen molar-refractivity contribution in [2.45, 2.75) is 25.9 Å². The minimum Gasteiger partial charge on any atom is -0.493 e. The van der Waals surface area contributed by atoms with Crippen molar-refractivity contribution in [2.24, 2.45) is 0 Å². The van der Waals surface area contributed by atoms with Crippen LogP contribution in [-0.2, 0) is 27.8 Å². The minimum atomic E-state index is -3.72. The highest BCUT2D eigenvalue weighted by molar-refractivity contribution is 7.92. The molecule has 3 rings (SSSR count). The lowest BCUT2D eigenvalue weighted by molar-refractivity contribution is -0.132. The number of anilines is 1. The first-order chi connectivity index (χ1) is 13.8. The molecular formula is C21H26N2O5S. The van der Waals surface area contributed by atoms with Crippen LogP contribution in [0, 0.1) is 0 Å². The highest BCUT2D eigenvalue weighted by atomic mass is 32.2. The van der Waals surface area contributed by atoms with Gasteiger partial charge in [0.15, 0.2) is 11.5 Å². The molecule has 0 saturated heterocycles. The average Bonchev–Trinajstić information content (AvgIpc) is 2.71. The number of benzene rings is 2. The van der Waals surface area contributed by atoms with Gasteiger partial charge in [0.2, 0.25) is 15.9 Å². The van der Waals surface area contributed by atoms with Crippen LogP contribution in [0.15, 0.2) is 42.5 Å². The van der Waals surface area contributed by atoms with Gasteiger partial charge in [-0.3, -0.25) is 9.10 Å². The van der Waals surface area contributed by atoms with Crippen molar-refractivity contribution < 1.29 is 22.7 Å². The molecule has 156 valence electrons. The van der Waals surface area contributed by atoms with Gasteiger partial charge >= 0.3 is 0 Å². The first-order valence-electron chi connectivity index (χ1n) is 9.33. The van der Waals surface area contributed by atoms with E-state index in [9.17, 15) is 13.2 Å². The molecular weight excluding hydrogens is 392 g/mol. The Morgan fingerprint density at radius 2 is 1.72 bits per heavy atom. The molecule has 29 heavy (non-hydrogen) atoms. The zero-order valence-corrected chi connectivity index (χ0v) is 17.9. The average molecular weight is 419 g/mol. The quantitative estimate of drug-likeness (QED) is 0.720. The first kappa shape index (κ1) is 21.0. The maximum absolute atomic E-state index is 13.2. The summed E-state index contributed by atoms with van der Waals surface area (Å²) in [5.41, 5.74) is 2.67. The Labute approximate surface area is 171 Å². The lowest BCUT2D eigenvalue weighted by atomic mass is 9.99. The third-order valence-corrected chi connectivity index (χ3v) is 6.37. The number of hydrogen-bond donors (Lipinski definition) is 0. The van der Waals surface area contributed by atoms with E-state index >= 15 is 0 Å². The zero-order chi connectivity index (χ0) is 21.2. The van der Waals surface area contributed by atoms with Gasteiger partial charge in [-0.25, -0.2) is 8.42 Å². The van der Waals surface area contributed by atoms with Crippen LogP contribution in [0.3, 0.4) is 0 Å². The van der Waals surface area contributed by atoms with E-state index < -0.39 is 16.1 Å². The molecule has 1 heterocycles. The van der Waals surface area contributed by atoms with E-state index in [1.807, 2.05) is 18.2 Å². The van der Waals surface area contributed by atoms with Crippen molar-refractivity contribution in [3.8, 4) is 11.5 Å². The number of hydrogen-bond acceptors (Lipinski definition) is 5. The molecule has 0 aliphatic carbocycles. The second-order valence-electron chi connectivity index (χ2n) is 7.05. The van der Waals surface area contributed by atoms with Crippen LogP contribution in [0.4, 0.5) is 5.69 Å². The van der Waals surface area contributed by atoms with Crippen molar-refractivity contribution in [3.05, 3.63) is 53.6 Å². The largest absolute Gasteiger partial charge is 0.493 e. The standard InChI is InChI=1S/C21H26N2O5S/c1-15(21(24)22-12-11-16-7-5-6-8-17(16)14-22)23(29(4,25)26)18-9-10-19(27-2)20(13-18)28-3/h5-10,13,15H,11-12,14H2,1-4H3. The summed E-state index contributed by atoms with van der Waals surface area (Å²) in [5, 5.41) is 0. The van der Waals surface area contributed by atoms with Gasteiger partial charge in [-0.15, -0.1) is 0 Å². The molecule has 1 aliphatic rings. The number of rotatable bonds is 6. The van der Waals surface area contributed by atoms with Crippen molar-refractivity contribution >= 4 is 21.6 Å². The number of methoxy groups -OCH3 is 2. The summed E-state index contributed by atoms with van der Waals surface area (Å²) in [6.07, 6.45) is 1.85. The predicted molar refractivity (Wildman–Crippen MR) is 112 cm³/mol. The summed E-state index contributed by atoms with van der Waals surface area (Å²) >= 11 is 0. The van der Waals surface area contributed by atoms with Crippen molar-refractivity contribution in [2.75, 3.05) is 31.3 Å². The second-order valence-corrected chi connectivity index (χ2v) is 8.91. The second kappa shape index (κ2) is 8.32. The minimum absolute atomic E-state index is 0.236. The molecule has 1 unspecified atom stereocenters. The summed E-state index contributed by atoms with van der Waals surface area (Å²) < 4.78 is 36.8. The maximum atomic E-state index is 13.2. The molecule has 1 aliphatic heterocycles. The summed E-state index contributed by atoms with van der Waals surface area (Å²) in [6, 6.07) is 11.9. The van der Waals surface area contributed by atoms with E-state index in [-0.39, 0.29) is 5.91 Å².